The van der Waals surface area contributed by atoms with E-state index in [2.05, 4.69) is 31.2 Å². The molecule has 0 atom stereocenters. The number of benzene rings is 3. The summed E-state index contributed by atoms with van der Waals surface area (Å²) >= 11 is 5.53. The fourth-order valence-electron chi connectivity index (χ4n) is 5.29. The van der Waals surface area contributed by atoms with E-state index in [0.29, 0.717) is 24.0 Å². The van der Waals surface area contributed by atoms with Gasteiger partial charge in [-0.3, -0.25) is 0 Å². The second-order valence-electron chi connectivity index (χ2n) is 10.2. The van der Waals surface area contributed by atoms with Gasteiger partial charge < -0.3 is 0 Å². The summed E-state index contributed by atoms with van der Waals surface area (Å²) < 4.78 is 41.9. The highest BCUT2D eigenvalue weighted by molar-refractivity contribution is 6.30. The van der Waals surface area contributed by atoms with Gasteiger partial charge in [0.2, 0.25) is 0 Å². The van der Waals surface area contributed by atoms with Gasteiger partial charge in [-0.15, -0.1) is 0 Å². The average molecular weight is 499 g/mol. The van der Waals surface area contributed by atoms with Gasteiger partial charge in [-0.2, -0.15) is 0 Å². The predicted octanol–water partition coefficient (Wildman–Crippen LogP) is 9.22. The van der Waals surface area contributed by atoms with E-state index in [9.17, 15) is 13.2 Å². The molecule has 1 aliphatic rings. The molecule has 0 spiro atoms. The summed E-state index contributed by atoms with van der Waals surface area (Å²) in [6.07, 6.45) is 10.3. The van der Waals surface area contributed by atoms with Gasteiger partial charge in [-0.1, -0.05) is 79.2 Å². The lowest BCUT2D eigenvalue weighted by Crippen LogP contribution is -2.16. The Morgan fingerprint density at radius 2 is 1.14 bits per heavy atom. The van der Waals surface area contributed by atoms with Crippen molar-refractivity contribution in [2.24, 2.45) is 11.8 Å². The number of halogens is 4. The Morgan fingerprint density at radius 1 is 0.629 bits per heavy atom. The molecule has 0 nitrogen and oxygen atoms in total. The van der Waals surface area contributed by atoms with Crippen LogP contribution in [0.4, 0.5) is 13.2 Å². The van der Waals surface area contributed by atoms with E-state index < -0.39 is 16.7 Å². The SMILES string of the molecule is Cc1ccc(CCC2CCC(CCc3ccc(CCc4cc(F)c(Cl)c(F)c4)c(F)c3)CC2)cc1. The smallest absolute Gasteiger partial charge is 0.145 e. The molecule has 0 aliphatic heterocycles. The van der Waals surface area contributed by atoms with E-state index in [1.807, 2.05) is 12.1 Å². The maximum Gasteiger partial charge on any atom is 0.145 e. The van der Waals surface area contributed by atoms with Crippen molar-refractivity contribution in [1.82, 2.24) is 0 Å². The number of aryl methyl sites for hydroxylation is 5. The molecule has 1 aliphatic carbocycles. The highest BCUT2D eigenvalue weighted by Crippen LogP contribution is 2.34. The number of rotatable bonds is 9. The second-order valence-corrected chi connectivity index (χ2v) is 10.6. The highest BCUT2D eigenvalue weighted by Gasteiger charge is 2.21. The van der Waals surface area contributed by atoms with Crippen LogP contribution in [0.25, 0.3) is 0 Å². The molecule has 0 N–H and O–H groups in total. The molecule has 1 saturated carbocycles. The molecule has 3 aromatic rings. The molecule has 3 aromatic carbocycles. The lowest BCUT2D eigenvalue weighted by molar-refractivity contribution is 0.253. The standard InChI is InChI=1S/C31H34ClF3/c1-21-2-4-22(5-3-21)6-7-23-8-10-24(11-9-23)12-13-25-14-16-27(28(33)18-25)17-15-26-19-29(34)31(32)30(35)20-26/h2-5,14,16,18-20,23-24H,6-13,15,17H2,1H3. The first-order valence-corrected chi connectivity index (χ1v) is 13.2. The zero-order valence-corrected chi connectivity index (χ0v) is 21.2. The Hall–Kier alpha value is -2.26. The minimum absolute atomic E-state index is 0.239. The molecule has 0 aromatic heterocycles. The first-order chi connectivity index (χ1) is 16.9. The summed E-state index contributed by atoms with van der Waals surface area (Å²) in [6, 6.07) is 16.8. The quantitative estimate of drug-likeness (QED) is 0.258. The minimum Gasteiger partial charge on any atom is -0.207 e. The largest absolute Gasteiger partial charge is 0.207 e. The maximum atomic E-state index is 14.7. The Labute approximate surface area is 212 Å². The van der Waals surface area contributed by atoms with Gasteiger partial charge in [0.25, 0.3) is 0 Å². The molecule has 35 heavy (non-hydrogen) atoms. The molecule has 4 rings (SSSR count). The Bertz CT molecular complexity index is 1090. The van der Waals surface area contributed by atoms with Gasteiger partial charge in [0.1, 0.15) is 22.5 Å². The van der Waals surface area contributed by atoms with Crippen molar-refractivity contribution >= 4 is 11.6 Å². The molecular formula is C31H34ClF3. The molecule has 0 heterocycles. The third kappa shape index (κ3) is 7.36. The van der Waals surface area contributed by atoms with E-state index in [1.54, 1.807) is 6.07 Å². The van der Waals surface area contributed by atoms with Crippen molar-refractivity contribution in [2.45, 2.75) is 71.1 Å². The lowest BCUT2D eigenvalue weighted by Gasteiger charge is -2.28. The van der Waals surface area contributed by atoms with Crippen LogP contribution in [0.1, 0.15) is 66.3 Å². The molecule has 0 bridgehead atoms. The van der Waals surface area contributed by atoms with Crippen LogP contribution in [-0.4, -0.2) is 0 Å². The fourth-order valence-corrected chi connectivity index (χ4v) is 5.39. The highest BCUT2D eigenvalue weighted by atomic mass is 35.5. The topological polar surface area (TPSA) is 0 Å². The van der Waals surface area contributed by atoms with Crippen LogP contribution in [0.3, 0.4) is 0 Å². The number of hydrogen-bond donors (Lipinski definition) is 0. The average Bonchev–Trinajstić information content (AvgIpc) is 2.85. The van der Waals surface area contributed by atoms with E-state index >= 15 is 0 Å². The molecular weight excluding hydrogens is 465 g/mol. The third-order valence-corrected chi connectivity index (χ3v) is 7.97. The van der Waals surface area contributed by atoms with Gasteiger partial charge in [0.15, 0.2) is 0 Å². The van der Waals surface area contributed by atoms with Gasteiger partial charge in [-0.05, 0) is 97.7 Å². The Morgan fingerprint density at radius 3 is 1.71 bits per heavy atom. The molecule has 0 saturated heterocycles. The molecule has 0 radical (unpaired) electrons. The van der Waals surface area contributed by atoms with Crippen molar-refractivity contribution < 1.29 is 13.2 Å². The van der Waals surface area contributed by atoms with Crippen molar-refractivity contribution in [3.05, 3.63) is 105 Å². The molecule has 4 heteroatoms. The van der Waals surface area contributed by atoms with Crippen molar-refractivity contribution in [2.75, 3.05) is 0 Å². The van der Waals surface area contributed by atoms with E-state index in [-0.39, 0.29) is 5.82 Å². The maximum absolute atomic E-state index is 14.7. The second kappa shape index (κ2) is 12.1. The van der Waals surface area contributed by atoms with Gasteiger partial charge in [-0.25, -0.2) is 13.2 Å². The summed E-state index contributed by atoms with van der Waals surface area (Å²) in [5.74, 6) is -0.247. The lowest BCUT2D eigenvalue weighted by atomic mass is 9.77. The Kier molecular flexibility index (Phi) is 8.94. The summed E-state index contributed by atoms with van der Waals surface area (Å²) in [6.45, 7) is 2.13. The van der Waals surface area contributed by atoms with Gasteiger partial charge in [0.05, 0.1) is 0 Å². The van der Waals surface area contributed by atoms with E-state index in [0.717, 1.165) is 30.2 Å². The Balaban J connectivity index is 1.20. The van der Waals surface area contributed by atoms with E-state index in [1.165, 1.54) is 61.8 Å². The van der Waals surface area contributed by atoms with Crippen molar-refractivity contribution in [3.63, 3.8) is 0 Å². The molecule has 1 fully saturated rings. The van der Waals surface area contributed by atoms with Gasteiger partial charge >= 0.3 is 0 Å². The van der Waals surface area contributed by atoms with Crippen LogP contribution >= 0.6 is 11.6 Å². The molecule has 0 amide bonds. The molecule has 0 unspecified atom stereocenters. The van der Waals surface area contributed by atoms with Crippen molar-refractivity contribution in [1.29, 1.82) is 0 Å². The zero-order chi connectivity index (χ0) is 24.8. The van der Waals surface area contributed by atoms with Crippen molar-refractivity contribution in [3.8, 4) is 0 Å². The number of hydrogen-bond acceptors (Lipinski definition) is 0. The van der Waals surface area contributed by atoms with E-state index in [4.69, 9.17) is 11.6 Å². The minimum atomic E-state index is -0.780. The monoisotopic (exact) mass is 498 g/mol. The summed E-state index contributed by atoms with van der Waals surface area (Å²) in [7, 11) is 0. The van der Waals surface area contributed by atoms with Crippen LogP contribution in [0.2, 0.25) is 5.02 Å². The van der Waals surface area contributed by atoms with Crippen LogP contribution < -0.4 is 0 Å². The molecule has 186 valence electrons. The fraction of sp³-hybridized carbons (Fsp3) is 0.419. The summed E-state index contributed by atoms with van der Waals surface area (Å²) in [5, 5.41) is -0.500. The van der Waals surface area contributed by atoms with Crippen LogP contribution in [0.5, 0.6) is 0 Å². The predicted molar refractivity (Wildman–Crippen MR) is 138 cm³/mol. The first kappa shape index (κ1) is 25.8. The first-order valence-electron chi connectivity index (χ1n) is 12.8. The van der Waals surface area contributed by atoms with Gasteiger partial charge in [0, 0.05) is 0 Å². The summed E-state index contributed by atoms with van der Waals surface area (Å²) in [4.78, 5) is 0. The van der Waals surface area contributed by atoms with Crippen LogP contribution in [0.15, 0.2) is 54.6 Å². The third-order valence-electron chi connectivity index (χ3n) is 7.61. The normalized spacial score (nSPS) is 18.1. The summed E-state index contributed by atoms with van der Waals surface area (Å²) in [5.41, 5.74) is 4.82. The zero-order valence-electron chi connectivity index (χ0n) is 20.4. The van der Waals surface area contributed by atoms with Crippen LogP contribution in [0, 0.1) is 36.2 Å². The van der Waals surface area contributed by atoms with Crippen LogP contribution in [-0.2, 0) is 25.7 Å².